The number of Topliss-reactive ketones (excluding diaryl/α,β-unsaturated/α-hetero) is 1. The topological polar surface area (TPSA) is 46.6 Å². The van der Waals surface area contributed by atoms with E-state index in [1.165, 1.54) is 22.3 Å². The first-order valence-electron chi connectivity index (χ1n) is 12.7. The van der Waals surface area contributed by atoms with Crippen LogP contribution in [0.25, 0.3) is 11.1 Å². The number of ketones is 1. The number of fused-ring (bicyclic) bond motifs is 5. The molecule has 33 heavy (non-hydrogen) atoms. The Morgan fingerprint density at radius 2 is 1.52 bits per heavy atom. The number of hydrogen-bond donors (Lipinski definition) is 0. The second-order valence-corrected chi connectivity index (χ2v) is 10.5. The molecule has 3 aliphatic rings. The van der Waals surface area contributed by atoms with Gasteiger partial charge in [-0.2, -0.15) is 0 Å². The van der Waals surface area contributed by atoms with Crippen LogP contribution in [0.15, 0.2) is 48.5 Å². The summed E-state index contributed by atoms with van der Waals surface area (Å²) in [5, 5.41) is 0. The Hall–Kier alpha value is -2.62. The van der Waals surface area contributed by atoms with E-state index in [1.807, 2.05) is 4.90 Å². The minimum Gasteiger partial charge on any atom is -0.448 e. The van der Waals surface area contributed by atoms with Gasteiger partial charge in [0.25, 0.3) is 0 Å². The molecule has 2 aromatic rings. The molecule has 1 amide bonds. The molecule has 4 nitrogen and oxygen atoms in total. The van der Waals surface area contributed by atoms with Crippen LogP contribution in [0, 0.1) is 11.8 Å². The Balaban J connectivity index is 1.21. The number of hydrogen-bond acceptors (Lipinski definition) is 3. The number of rotatable bonds is 7. The molecule has 0 radical (unpaired) electrons. The monoisotopic (exact) mass is 445 g/mol. The lowest BCUT2D eigenvalue weighted by atomic mass is 9.85. The number of piperidine rings is 1. The molecule has 2 aromatic carbocycles. The third-order valence-electron chi connectivity index (χ3n) is 7.94. The molecular formula is C29H35NO3. The van der Waals surface area contributed by atoms with Crippen molar-refractivity contribution in [1.29, 1.82) is 0 Å². The van der Waals surface area contributed by atoms with Crippen LogP contribution in [0.2, 0.25) is 0 Å². The van der Waals surface area contributed by atoms with Crippen LogP contribution in [0.5, 0.6) is 0 Å². The summed E-state index contributed by atoms with van der Waals surface area (Å²) in [6.07, 6.45) is 6.18. The predicted molar refractivity (Wildman–Crippen MR) is 130 cm³/mol. The first-order chi connectivity index (χ1) is 16.0. The maximum Gasteiger partial charge on any atom is 0.410 e. The molecule has 0 spiro atoms. The van der Waals surface area contributed by atoms with Gasteiger partial charge in [0.05, 0.1) is 0 Å². The SMILES string of the molecule is CC(C)CCCC(=O)C1CC2CCC(C1)N2C(=O)OCC1c2ccccc2-c2ccccc21. The van der Waals surface area contributed by atoms with Crippen molar-refractivity contribution in [2.45, 2.75) is 76.8 Å². The van der Waals surface area contributed by atoms with E-state index < -0.39 is 0 Å². The van der Waals surface area contributed by atoms with Crippen LogP contribution in [-0.4, -0.2) is 35.5 Å². The van der Waals surface area contributed by atoms with E-state index in [2.05, 4.69) is 62.4 Å². The summed E-state index contributed by atoms with van der Waals surface area (Å²) >= 11 is 0. The molecule has 0 saturated carbocycles. The minimum absolute atomic E-state index is 0.0825. The zero-order valence-electron chi connectivity index (χ0n) is 19.8. The van der Waals surface area contributed by atoms with Crippen LogP contribution in [0.1, 0.15) is 75.8 Å². The van der Waals surface area contributed by atoms with Crippen molar-refractivity contribution < 1.29 is 14.3 Å². The van der Waals surface area contributed by atoms with E-state index >= 15 is 0 Å². The van der Waals surface area contributed by atoms with Crippen molar-refractivity contribution in [3.8, 4) is 11.1 Å². The summed E-state index contributed by atoms with van der Waals surface area (Å²) in [5.41, 5.74) is 4.96. The molecule has 2 atom stereocenters. The molecule has 1 aliphatic carbocycles. The number of carbonyl (C=O) groups is 2. The second kappa shape index (κ2) is 9.32. The first-order valence-corrected chi connectivity index (χ1v) is 12.7. The number of amides is 1. The fourth-order valence-corrected chi connectivity index (χ4v) is 6.30. The van der Waals surface area contributed by atoms with Gasteiger partial charge in [-0.05, 0) is 60.3 Å². The molecule has 174 valence electrons. The van der Waals surface area contributed by atoms with E-state index in [-0.39, 0.29) is 30.0 Å². The average Bonchev–Trinajstić information content (AvgIpc) is 3.28. The average molecular weight is 446 g/mol. The Labute approximate surface area is 197 Å². The second-order valence-electron chi connectivity index (χ2n) is 10.5. The van der Waals surface area contributed by atoms with Gasteiger partial charge in [-0.1, -0.05) is 68.8 Å². The molecule has 0 aromatic heterocycles. The lowest BCUT2D eigenvalue weighted by molar-refractivity contribution is -0.125. The van der Waals surface area contributed by atoms with E-state index in [0.717, 1.165) is 38.5 Å². The van der Waals surface area contributed by atoms with Crippen molar-refractivity contribution in [3.63, 3.8) is 0 Å². The smallest absolute Gasteiger partial charge is 0.410 e. The molecule has 5 rings (SSSR count). The Bertz CT molecular complexity index is 970. The van der Waals surface area contributed by atoms with Crippen molar-refractivity contribution in [3.05, 3.63) is 59.7 Å². The van der Waals surface area contributed by atoms with Gasteiger partial charge in [-0.25, -0.2) is 4.79 Å². The van der Waals surface area contributed by atoms with Crippen LogP contribution in [0.4, 0.5) is 4.79 Å². The molecule has 2 unspecified atom stereocenters. The highest BCUT2D eigenvalue weighted by atomic mass is 16.6. The Morgan fingerprint density at radius 3 is 2.09 bits per heavy atom. The van der Waals surface area contributed by atoms with Crippen molar-refractivity contribution in [2.75, 3.05) is 6.61 Å². The van der Waals surface area contributed by atoms with Crippen LogP contribution >= 0.6 is 0 Å². The molecule has 0 N–H and O–H groups in total. The van der Waals surface area contributed by atoms with Crippen molar-refractivity contribution in [1.82, 2.24) is 4.90 Å². The van der Waals surface area contributed by atoms with Crippen molar-refractivity contribution in [2.24, 2.45) is 11.8 Å². The van der Waals surface area contributed by atoms with Gasteiger partial charge < -0.3 is 9.64 Å². The summed E-state index contributed by atoms with van der Waals surface area (Å²) in [4.78, 5) is 27.9. The fraction of sp³-hybridized carbons (Fsp3) is 0.517. The molecular weight excluding hydrogens is 410 g/mol. The molecule has 2 saturated heterocycles. The Morgan fingerprint density at radius 1 is 0.939 bits per heavy atom. The maximum absolute atomic E-state index is 13.2. The lowest BCUT2D eigenvalue weighted by Gasteiger charge is -2.37. The number of ether oxygens (including phenoxy) is 1. The zero-order valence-corrected chi connectivity index (χ0v) is 19.8. The maximum atomic E-state index is 13.2. The number of carbonyl (C=O) groups excluding carboxylic acids is 2. The summed E-state index contributed by atoms with van der Waals surface area (Å²) in [7, 11) is 0. The fourth-order valence-electron chi connectivity index (χ4n) is 6.30. The molecule has 4 heteroatoms. The molecule has 2 fully saturated rings. The van der Waals surface area contributed by atoms with E-state index in [0.29, 0.717) is 24.7 Å². The van der Waals surface area contributed by atoms with Gasteiger partial charge in [-0.3, -0.25) is 4.79 Å². The van der Waals surface area contributed by atoms with E-state index in [4.69, 9.17) is 4.74 Å². The summed E-state index contributed by atoms with van der Waals surface area (Å²) in [6, 6.07) is 17.1. The van der Waals surface area contributed by atoms with Gasteiger partial charge in [0.1, 0.15) is 12.4 Å². The van der Waals surface area contributed by atoms with Gasteiger partial charge >= 0.3 is 6.09 Å². The highest BCUT2D eigenvalue weighted by Gasteiger charge is 2.45. The van der Waals surface area contributed by atoms with E-state index in [9.17, 15) is 9.59 Å². The summed E-state index contributed by atoms with van der Waals surface area (Å²) in [6.45, 7) is 4.77. The molecule has 2 aliphatic heterocycles. The third kappa shape index (κ3) is 4.32. The third-order valence-corrected chi connectivity index (χ3v) is 7.94. The van der Waals surface area contributed by atoms with Crippen LogP contribution < -0.4 is 0 Å². The quantitative estimate of drug-likeness (QED) is 0.484. The normalized spacial score (nSPS) is 23.5. The van der Waals surface area contributed by atoms with Gasteiger partial charge in [0.15, 0.2) is 0 Å². The predicted octanol–water partition coefficient (Wildman–Crippen LogP) is 6.57. The van der Waals surface area contributed by atoms with Gasteiger partial charge in [-0.15, -0.1) is 0 Å². The highest BCUT2D eigenvalue weighted by Crippen LogP contribution is 2.45. The lowest BCUT2D eigenvalue weighted by Crippen LogP contribution is -2.48. The molecule has 2 bridgehead atoms. The standard InChI is InChI=1S/C29H35NO3/c1-19(2)8-7-13-28(31)20-16-21-14-15-22(17-20)30(21)29(32)33-18-27-25-11-5-3-9-23(25)24-10-4-6-12-26(24)27/h3-6,9-12,19-22,27H,7-8,13-18H2,1-2H3. The summed E-state index contributed by atoms with van der Waals surface area (Å²) < 4.78 is 5.95. The number of nitrogens with zero attached hydrogens (tertiary/aromatic N) is 1. The largest absolute Gasteiger partial charge is 0.448 e. The van der Waals surface area contributed by atoms with Gasteiger partial charge in [0, 0.05) is 30.3 Å². The van der Waals surface area contributed by atoms with Crippen LogP contribution in [0.3, 0.4) is 0 Å². The zero-order chi connectivity index (χ0) is 22.9. The molecule has 2 heterocycles. The number of benzene rings is 2. The van der Waals surface area contributed by atoms with Crippen molar-refractivity contribution >= 4 is 11.9 Å². The summed E-state index contributed by atoms with van der Waals surface area (Å²) in [5.74, 6) is 1.25. The first kappa shape index (κ1) is 22.2. The van der Waals surface area contributed by atoms with Gasteiger partial charge in [0.2, 0.25) is 0 Å². The highest BCUT2D eigenvalue weighted by molar-refractivity contribution is 5.82. The van der Waals surface area contributed by atoms with E-state index in [1.54, 1.807) is 0 Å². The Kier molecular flexibility index (Phi) is 6.27. The minimum atomic E-state index is -0.199. The van der Waals surface area contributed by atoms with Crippen LogP contribution in [-0.2, 0) is 9.53 Å².